The van der Waals surface area contributed by atoms with Gasteiger partial charge < -0.3 is 20.4 Å². The molecule has 2 rings (SSSR count). The Bertz CT molecular complexity index is 625. The number of hydrogen-bond acceptors (Lipinski definition) is 4. The van der Waals surface area contributed by atoms with Crippen molar-refractivity contribution in [3.05, 3.63) is 46.0 Å². The summed E-state index contributed by atoms with van der Waals surface area (Å²) < 4.78 is 5.15. The van der Waals surface area contributed by atoms with Gasteiger partial charge in [-0.05, 0) is 31.2 Å². The van der Waals surface area contributed by atoms with Gasteiger partial charge in [0.15, 0.2) is 5.96 Å². The van der Waals surface area contributed by atoms with Gasteiger partial charge in [-0.1, -0.05) is 0 Å². The van der Waals surface area contributed by atoms with Crippen LogP contribution in [0, 0.1) is 6.92 Å². The van der Waals surface area contributed by atoms with Gasteiger partial charge in [0.1, 0.15) is 5.76 Å². The fraction of sp³-hybridized carbons (Fsp3) is 0.333. The van der Waals surface area contributed by atoms with E-state index in [0.717, 1.165) is 5.76 Å². The number of carbonyl (C=O) groups excluding carboxylic acids is 1. The van der Waals surface area contributed by atoms with E-state index in [0.29, 0.717) is 19.0 Å². The largest absolute Gasteiger partial charge is 0.467 e. The molecule has 0 aromatic carbocycles. The van der Waals surface area contributed by atoms with Gasteiger partial charge in [0.05, 0.1) is 25.9 Å². The van der Waals surface area contributed by atoms with Gasteiger partial charge in [-0.25, -0.2) is 0 Å². The lowest BCUT2D eigenvalue weighted by Crippen LogP contribution is -2.42. The van der Waals surface area contributed by atoms with E-state index >= 15 is 0 Å². The molecule has 0 atom stereocenters. The topological polar surface area (TPSA) is 78.7 Å². The summed E-state index contributed by atoms with van der Waals surface area (Å²) in [7, 11) is 1.68. The van der Waals surface area contributed by atoms with Crippen LogP contribution in [0.25, 0.3) is 0 Å². The van der Waals surface area contributed by atoms with Crippen LogP contribution in [0.15, 0.2) is 39.9 Å². The van der Waals surface area contributed by atoms with E-state index in [1.165, 1.54) is 9.75 Å². The summed E-state index contributed by atoms with van der Waals surface area (Å²) in [6.45, 7) is 3.30. The van der Waals surface area contributed by atoms with Crippen molar-refractivity contribution in [3.63, 3.8) is 0 Å². The molecule has 0 aliphatic carbocycles. The highest BCUT2D eigenvalue weighted by Crippen LogP contribution is 2.14. The molecule has 6 nitrogen and oxygen atoms in total. The number of amides is 1. The number of halogens is 1. The highest BCUT2D eigenvalue weighted by molar-refractivity contribution is 14.0. The lowest BCUT2D eigenvalue weighted by Gasteiger charge is -2.11. The average molecular weight is 448 g/mol. The zero-order valence-electron chi connectivity index (χ0n) is 13.1. The van der Waals surface area contributed by atoms with Gasteiger partial charge in [0.2, 0.25) is 5.91 Å². The number of carbonyl (C=O) groups is 1. The maximum absolute atomic E-state index is 11.7. The van der Waals surface area contributed by atoms with Crippen molar-refractivity contribution in [2.75, 3.05) is 13.6 Å². The molecule has 2 aromatic rings. The van der Waals surface area contributed by atoms with Gasteiger partial charge in [-0.3, -0.25) is 9.79 Å². The second-order valence-corrected chi connectivity index (χ2v) is 6.02. The predicted octanol–water partition coefficient (Wildman–Crippen LogP) is 2.25. The van der Waals surface area contributed by atoms with Crippen LogP contribution in [0.1, 0.15) is 15.5 Å². The Hall–Kier alpha value is -1.55. The number of guanidine groups is 1. The summed E-state index contributed by atoms with van der Waals surface area (Å²) in [4.78, 5) is 18.3. The molecule has 8 heteroatoms. The minimum absolute atomic E-state index is 0. The molecule has 126 valence electrons. The van der Waals surface area contributed by atoms with Gasteiger partial charge in [-0.2, -0.15) is 0 Å². The van der Waals surface area contributed by atoms with Crippen LogP contribution >= 0.6 is 35.3 Å². The van der Waals surface area contributed by atoms with Crippen LogP contribution in [0.3, 0.4) is 0 Å². The number of furan rings is 1. The van der Waals surface area contributed by atoms with Crippen molar-refractivity contribution in [1.29, 1.82) is 0 Å². The van der Waals surface area contributed by atoms with Gasteiger partial charge >= 0.3 is 0 Å². The Morgan fingerprint density at radius 3 is 2.65 bits per heavy atom. The number of nitrogens with zero attached hydrogens (tertiary/aromatic N) is 1. The van der Waals surface area contributed by atoms with Crippen LogP contribution in [-0.4, -0.2) is 25.5 Å². The van der Waals surface area contributed by atoms with E-state index in [9.17, 15) is 4.79 Å². The number of aryl methyl sites for hydroxylation is 1. The minimum atomic E-state index is -0.119. The molecule has 1 amide bonds. The van der Waals surface area contributed by atoms with Crippen molar-refractivity contribution in [1.82, 2.24) is 16.0 Å². The maximum atomic E-state index is 11.7. The second-order valence-electron chi connectivity index (χ2n) is 4.65. The summed E-state index contributed by atoms with van der Waals surface area (Å²) in [5, 5.41) is 8.92. The predicted molar refractivity (Wildman–Crippen MR) is 103 cm³/mol. The number of nitrogens with one attached hydrogen (secondary N) is 3. The summed E-state index contributed by atoms with van der Waals surface area (Å²) >= 11 is 1.74. The Kier molecular flexibility index (Phi) is 8.70. The quantitative estimate of drug-likeness (QED) is 0.360. The first-order valence-corrected chi connectivity index (χ1v) is 7.78. The zero-order valence-corrected chi connectivity index (χ0v) is 16.2. The van der Waals surface area contributed by atoms with Crippen molar-refractivity contribution in [2.24, 2.45) is 4.99 Å². The molecule has 0 aliphatic rings. The van der Waals surface area contributed by atoms with Gasteiger partial charge in [0.25, 0.3) is 0 Å². The number of aliphatic imine (C=N–C) groups is 1. The Labute approximate surface area is 156 Å². The summed E-state index contributed by atoms with van der Waals surface area (Å²) in [5.74, 6) is 1.20. The standard InChI is InChI=1S/C15H20N4O2S.HI/c1-11-5-6-13(22-11)9-18-15(16-2)19-10-14(20)17-8-12-4-3-7-21-12;/h3-7H,8-10H2,1-2H3,(H,17,20)(H2,16,18,19);1H. The first-order chi connectivity index (χ1) is 10.7. The highest BCUT2D eigenvalue weighted by Gasteiger charge is 2.05. The Balaban J connectivity index is 0.00000264. The first-order valence-electron chi connectivity index (χ1n) is 6.96. The molecule has 0 saturated carbocycles. The molecule has 3 N–H and O–H groups in total. The van der Waals surface area contributed by atoms with Gasteiger partial charge in [-0.15, -0.1) is 35.3 Å². The van der Waals surface area contributed by atoms with Crippen molar-refractivity contribution >= 4 is 47.2 Å². The van der Waals surface area contributed by atoms with Gasteiger partial charge in [0, 0.05) is 16.8 Å². The SMILES string of the molecule is CN=C(NCC(=O)NCc1ccco1)NCc1ccc(C)s1.I. The van der Waals surface area contributed by atoms with Crippen molar-refractivity contribution in [3.8, 4) is 0 Å². The molecule has 0 fully saturated rings. The number of thiophene rings is 1. The molecule has 0 radical (unpaired) electrons. The molecular formula is C15H21IN4O2S. The van der Waals surface area contributed by atoms with Crippen molar-refractivity contribution in [2.45, 2.75) is 20.0 Å². The molecule has 0 unspecified atom stereocenters. The second kappa shape index (κ2) is 10.3. The van der Waals surface area contributed by atoms with Crippen LogP contribution in [0.5, 0.6) is 0 Å². The molecule has 0 aliphatic heterocycles. The lowest BCUT2D eigenvalue weighted by atomic mass is 10.4. The Morgan fingerprint density at radius 1 is 1.22 bits per heavy atom. The normalized spacial score (nSPS) is 10.8. The molecule has 23 heavy (non-hydrogen) atoms. The smallest absolute Gasteiger partial charge is 0.239 e. The third-order valence-electron chi connectivity index (χ3n) is 2.91. The van der Waals surface area contributed by atoms with Crippen LogP contribution < -0.4 is 16.0 Å². The number of hydrogen-bond donors (Lipinski definition) is 3. The summed E-state index contributed by atoms with van der Waals surface area (Å²) in [6, 6.07) is 7.77. The van der Waals surface area contributed by atoms with Crippen LogP contribution in [-0.2, 0) is 17.9 Å². The molecule has 0 bridgehead atoms. The monoisotopic (exact) mass is 448 g/mol. The third-order valence-corrected chi connectivity index (χ3v) is 3.91. The molecule has 0 spiro atoms. The van der Waals surface area contributed by atoms with E-state index in [2.05, 4.69) is 40.0 Å². The van der Waals surface area contributed by atoms with E-state index in [1.54, 1.807) is 30.7 Å². The average Bonchev–Trinajstić information content (AvgIpc) is 3.17. The summed E-state index contributed by atoms with van der Waals surface area (Å²) in [5.41, 5.74) is 0. The molecule has 0 saturated heterocycles. The zero-order chi connectivity index (χ0) is 15.8. The third kappa shape index (κ3) is 7.04. The fourth-order valence-electron chi connectivity index (χ4n) is 1.80. The molecular weight excluding hydrogens is 427 g/mol. The lowest BCUT2D eigenvalue weighted by molar-refractivity contribution is -0.120. The minimum Gasteiger partial charge on any atom is -0.467 e. The maximum Gasteiger partial charge on any atom is 0.239 e. The summed E-state index contributed by atoms with van der Waals surface area (Å²) in [6.07, 6.45) is 1.58. The number of rotatable bonds is 6. The van der Waals surface area contributed by atoms with E-state index in [1.807, 2.05) is 6.07 Å². The van der Waals surface area contributed by atoms with E-state index in [-0.39, 0.29) is 36.4 Å². The van der Waals surface area contributed by atoms with E-state index in [4.69, 9.17) is 4.42 Å². The molecule has 2 heterocycles. The fourth-order valence-corrected chi connectivity index (χ4v) is 2.63. The van der Waals surface area contributed by atoms with E-state index < -0.39 is 0 Å². The Morgan fingerprint density at radius 2 is 2.04 bits per heavy atom. The highest BCUT2D eigenvalue weighted by atomic mass is 127. The van der Waals surface area contributed by atoms with Crippen LogP contribution in [0.2, 0.25) is 0 Å². The van der Waals surface area contributed by atoms with Crippen LogP contribution in [0.4, 0.5) is 0 Å². The van der Waals surface area contributed by atoms with Crippen molar-refractivity contribution < 1.29 is 9.21 Å². The first kappa shape index (κ1) is 19.5. The molecule has 2 aromatic heterocycles.